The zero-order chi connectivity index (χ0) is 20.6. The Hall–Kier alpha value is -2.29. The second kappa shape index (κ2) is 10.5. The van der Waals surface area contributed by atoms with E-state index in [1.54, 1.807) is 36.3 Å². The van der Waals surface area contributed by atoms with Gasteiger partial charge in [0, 0.05) is 44.4 Å². The third-order valence-corrected chi connectivity index (χ3v) is 4.90. The van der Waals surface area contributed by atoms with E-state index in [0.29, 0.717) is 61.1 Å². The highest BCUT2D eigenvalue weighted by molar-refractivity contribution is 6.35. The number of carbonyl (C=O) groups is 1. The molecule has 2 aromatic rings. The number of aromatic nitrogens is 2. The number of rotatable bonds is 8. The molecule has 0 bridgehead atoms. The maximum atomic E-state index is 12.4. The second-order valence-electron chi connectivity index (χ2n) is 6.30. The van der Waals surface area contributed by atoms with Gasteiger partial charge in [-0.3, -0.25) is 4.79 Å². The molecule has 0 unspecified atom stereocenters. The molecule has 1 saturated heterocycles. The number of methoxy groups -OCH3 is 1. The first-order chi connectivity index (χ1) is 14.1. The van der Waals surface area contributed by atoms with Crippen LogP contribution >= 0.6 is 23.2 Å². The summed E-state index contributed by atoms with van der Waals surface area (Å²) in [7, 11) is 1.61. The first-order valence-electron chi connectivity index (χ1n) is 9.13. The minimum Gasteiger partial charge on any atom is -0.482 e. The maximum Gasteiger partial charge on any atom is 0.260 e. The minimum atomic E-state index is -0.0939. The molecule has 1 amide bonds. The van der Waals surface area contributed by atoms with Gasteiger partial charge in [-0.1, -0.05) is 23.2 Å². The van der Waals surface area contributed by atoms with Gasteiger partial charge in [-0.15, -0.1) is 10.2 Å². The van der Waals surface area contributed by atoms with Crippen LogP contribution in [0, 0.1) is 0 Å². The Balaban J connectivity index is 1.45. The van der Waals surface area contributed by atoms with Gasteiger partial charge in [0.15, 0.2) is 12.4 Å². The molecule has 0 atom stereocenters. The van der Waals surface area contributed by atoms with Crippen LogP contribution in [0.2, 0.25) is 10.0 Å². The monoisotopic (exact) mass is 440 g/mol. The summed E-state index contributed by atoms with van der Waals surface area (Å²) in [6, 6.07) is 8.53. The van der Waals surface area contributed by atoms with Crippen LogP contribution < -0.4 is 14.4 Å². The summed E-state index contributed by atoms with van der Waals surface area (Å²) in [6.07, 6.45) is 0. The van der Waals surface area contributed by atoms with Gasteiger partial charge >= 0.3 is 0 Å². The SMILES string of the molecule is COCCOc1ccc(N2CCN(C(=O)COc3ccc(Cl)cc3Cl)CC2)nn1. The first kappa shape index (κ1) is 21.4. The lowest BCUT2D eigenvalue weighted by atomic mass is 10.3. The van der Waals surface area contributed by atoms with Crippen molar-refractivity contribution < 1.29 is 19.0 Å². The van der Waals surface area contributed by atoms with Crippen LogP contribution in [-0.2, 0) is 9.53 Å². The van der Waals surface area contributed by atoms with E-state index in [2.05, 4.69) is 15.1 Å². The van der Waals surface area contributed by atoms with Crippen LogP contribution in [0.4, 0.5) is 5.82 Å². The Morgan fingerprint density at radius 1 is 1.03 bits per heavy atom. The normalized spacial score (nSPS) is 14.0. The molecule has 2 heterocycles. The van der Waals surface area contributed by atoms with Crippen LogP contribution in [-0.4, -0.2) is 74.1 Å². The zero-order valence-corrected chi connectivity index (χ0v) is 17.5. The van der Waals surface area contributed by atoms with E-state index in [1.165, 1.54) is 0 Å². The standard InChI is InChI=1S/C19H22Cl2N4O4/c1-27-10-11-28-18-5-4-17(22-23-18)24-6-8-25(9-7-24)19(26)13-29-16-3-2-14(20)12-15(16)21/h2-5,12H,6-11,13H2,1H3. The predicted molar refractivity (Wildman–Crippen MR) is 110 cm³/mol. The predicted octanol–water partition coefficient (Wildman–Crippen LogP) is 2.54. The average molecular weight is 441 g/mol. The van der Waals surface area contributed by atoms with Crippen LogP contribution in [0.5, 0.6) is 11.6 Å². The van der Waals surface area contributed by atoms with Crippen LogP contribution in [0.3, 0.4) is 0 Å². The molecule has 156 valence electrons. The molecule has 1 fully saturated rings. The molecular weight excluding hydrogens is 419 g/mol. The summed E-state index contributed by atoms with van der Waals surface area (Å²) in [6.45, 7) is 3.31. The van der Waals surface area contributed by atoms with Gasteiger partial charge in [0.25, 0.3) is 5.91 Å². The number of anilines is 1. The molecule has 0 N–H and O–H groups in total. The molecule has 1 aliphatic heterocycles. The Morgan fingerprint density at radius 2 is 1.83 bits per heavy atom. The Kier molecular flexibility index (Phi) is 7.74. The Labute approximate surface area is 179 Å². The van der Waals surface area contributed by atoms with Crippen LogP contribution in [0.25, 0.3) is 0 Å². The van der Waals surface area contributed by atoms with Crippen molar-refractivity contribution in [2.24, 2.45) is 0 Å². The molecule has 0 saturated carbocycles. The molecule has 3 rings (SSSR count). The van der Waals surface area contributed by atoms with E-state index >= 15 is 0 Å². The summed E-state index contributed by atoms with van der Waals surface area (Å²) < 4.78 is 15.9. The number of benzene rings is 1. The number of ether oxygens (including phenoxy) is 3. The molecule has 0 spiro atoms. The number of carbonyl (C=O) groups excluding carboxylic acids is 1. The number of piperazine rings is 1. The highest BCUT2D eigenvalue weighted by Gasteiger charge is 2.22. The van der Waals surface area contributed by atoms with Gasteiger partial charge in [0.2, 0.25) is 5.88 Å². The van der Waals surface area contributed by atoms with Crippen LogP contribution in [0.15, 0.2) is 30.3 Å². The van der Waals surface area contributed by atoms with Gasteiger partial charge in [0.1, 0.15) is 12.4 Å². The Morgan fingerprint density at radius 3 is 2.48 bits per heavy atom. The topological polar surface area (TPSA) is 77.0 Å². The number of halogens is 2. The molecule has 1 aromatic heterocycles. The summed E-state index contributed by atoms with van der Waals surface area (Å²) >= 11 is 11.9. The summed E-state index contributed by atoms with van der Waals surface area (Å²) in [5.74, 6) is 1.55. The minimum absolute atomic E-state index is 0.0747. The Bertz CT molecular complexity index is 814. The van der Waals surface area contributed by atoms with Crippen molar-refractivity contribution >= 4 is 34.9 Å². The zero-order valence-electron chi connectivity index (χ0n) is 16.0. The number of amides is 1. The number of hydrogen-bond donors (Lipinski definition) is 0. The largest absolute Gasteiger partial charge is 0.482 e. The van der Waals surface area contributed by atoms with Crippen molar-refractivity contribution in [3.63, 3.8) is 0 Å². The molecule has 29 heavy (non-hydrogen) atoms. The summed E-state index contributed by atoms with van der Waals surface area (Å²) in [4.78, 5) is 16.3. The molecule has 10 heteroatoms. The van der Waals surface area contributed by atoms with Crippen molar-refractivity contribution in [2.75, 3.05) is 58.0 Å². The number of nitrogens with zero attached hydrogens (tertiary/aromatic N) is 4. The maximum absolute atomic E-state index is 12.4. The van der Waals surface area contributed by atoms with Gasteiger partial charge in [-0.2, -0.15) is 0 Å². The molecule has 1 aliphatic rings. The molecule has 1 aromatic carbocycles. The third kappa shape index (κ3) is 6.09. The highest BCUT2D eigenvalue weighted by Crippen LogP contribution is 2.27. The van der Waals surface area contributed by atoms with E-state index in [-0.39, 0.29) is 12.5 Å². The lowest BCUT2D eigenvalue weighted by molar-refractivity contribution is -0.133. The quantitative estimate of drug-likeness (QED) is 0.583. The first-order valence-corrected chi connectivity index (χ1v) is 9.88. The van der Waals surface area contributed by atoms with E-state index < -0.39 is 0 Å². The van der Waals surface area contributed by atoms with Crippen molar-refractivity contribution in [3.05, 3.63) is 40.4 Å². The van der Waals surface area contributed by atoms with Crippen molar-refractivity contribution in [1.82, 2.24) is 15.1 Å². The van der Waals surface area contributed by atoms with E-state index in [1.807, 2.05) is 6.07 Å². The van der Waals surface area contributed by atoms with Gasteiger partial charge in [0.05, 0.1) is 11.6 Å². The lowest BCUT2D eigenvalue weighted by Gasteiger charge is -2.35. The van der Waals surface area contributed by atoms with Gasteiger partial charge < -0.3 is 24.0 Å². The fourth-order valence-electron chi connectivity index (χ4n) is 2.80. The molecule has 8 nitrogen and oxygen atoms in total. The smallest absolute Gasteiger partial charge is 0.260 e. The third-order valence-electron chi connectivity index (χ3n) is 4.36. The molecule has 0 aliphatic carbocycles. The van der Waals surface area contributed by atoms with E-state index in [9.17, 15) is 4.79 Å². The average Bonchev–Trinajstić information content (AvgIpc) is 2.74. The number of hydrogen-bond acceptors (Lipinski definition) is 7. The van der Waals surface area contributed by atoms with Crippen molar-refractivity contribution in [2.45, 2.75) is 0 Å². The fourth-order valence-corrected chi connectivity index (χ4v) is 3.26. The van der Waals surface area contributed by atoms with Gasteiger partial charge in [-0.05, 0) is 24.3 Å². The van der Waals surface area contributed by atoms with Gasteiger partial charge in [-0.25, -0.2) is 0 Å². The summed E-state index contributed by atoms with van der Waals surface area (Å²) in [5.41, 5.74) is 0. The van der Waals surface area contributed by atoms with E-state index in [4.69, 9.17) is 37.4 Å². The van der Waals surface area contributed by atoms with Crippen molar-refractivity contribution in [1.29, 1.82) is 0 Å². The second-order valence-corrected chi connectivity index (χ2v) is 7.15. The van der Waals surface area contributed by atoms with Crippen molar-refractivity contribution in [3.8, 4) is 11.6 Å². The summed E-state index contributed by atoms with van der Waals surface area (Å²) in [5, 5.41) is 9.16. The molecule has 0 radical (unpaired) electrons. The van der Waals surface area contributed by atoms with Crippen LogP contribution in [0.1, 0.15) is 0 Å². The van der Waals surface area contributed by atoms with E-state index in [0.717, 1.165) is 5.82 Å². The molecular formula is C19H22Cl2N4O4. The highest BCUT2D eigenvalue weighted by atomic mass is 35.5. The lowest BCUT2D eigenvalue weighted by Crippen LogP contribution is -2.50. The fraction of sp³-hybridized carbons (Fsp3) is 0.421.